The van der Waals surface area contributed by atoms with E-state index in [9.17, 15) is 18.1 Å². The molecule has 0 bridgehead atoms. The van der Waals surface area contributed by atoms with E-state index >= 15 is 0 Å². The van der Waals surface area contributed by atoms with Gasteiger partial charge in [0.1, 0.15) is 11.9 Å². The molecule has 124 valence electrons. The van der Waals surface area contributed by atoms with Crippen molar-refractivity contribution in [2.24, 2.45) is 5.14 Å². The molecule has 24 heavy (non-hydrogen) atoms. The van der Waals surface area contributed by atoms with Crippen LogP contribution in [0.2, 0.25) is 0 Å². The van der Waals surface area contributed by atoms with Crippen molar-refractivity contribution in [3.63, 3.8) is 0 Å². The first-order valence-corrected chi connectivity index (χ1v) is 8.96. The van der Waals surface area contributed by atoms with Crippen LogP contribution in [-0.4, -0.2) is 15.0 Å². The van der Waals surface area contributed by atoms with Crippen LogP contribution in [0.15, 0.2) is 47.4 Å². The molecule has 0 spiro atoms. The summed E-state index contributed by atoms with van der Waals surface area (Å²) in [5.41, 5.74) is 1.75. The molecule has 0 atom stereocenters. The van der Waals surface area contributed by atoms with E-state index in [1.807, 2.05) is 6.07 Å². The topological polar surface area (TPSA) is 96.0 Å². The molecule has 0 amide bonds. The zero-order valence-corrected chi connectivity index (χ0v) is 13.6. The molecule has 3 rings (SSSR count). The number of nitrogens with one attached hydrogen (secondary N) is 1. The number of rotatable bonds is 5. The number of primary sulfonamides is 1. The Morgan fingerprint density at radius 3 is 2.42 bits per heavy atom. The molecule has 1 aliphatic carbocycles. The van der Waals surface area contributed by atoms with Crippen molar-refractivity contribution in [3.8, 4) is 6.07 Å². The van der Waals surface area contributed by atoms with Gasteiger partial charge in [0.2, 0.25) is 10.0 Å². The number of benzene rings is 2. The molecule has 0 aliphatic heterocycles. The third-order valence-electron chi connectivity index (χ3n) is 4.37. The molecule has 0 unspecified atom stereocenters. The van der Waals surface area contributed by atoms with E-state index in [1.54, 1.807) is 18.2 Å². The van der Waals surface area contributed by atoms with Crippen LogP contribution in [0, 0.1) is 17.1 Å². The highest BCUT2D eigenvalue weighted by atomic mass is 32.2. The second-order valence-corrected chi connectivity index (χ2v) is 7.57. The second kappa shape index (κ2) is 5.89. The van der Waals surface area contributed by atoms with Crippen LogP contribution in [0.3, 0.4) is 0 Å². The molecule has 7 heteroatoms. The van der Waals surface area contributed by atoms with Crippen molar-refractivity contribution in [1.29, 1.82) is 5.26 Å². The van der Waals surface area contributed by atoms with Crippen molar-refractivity contribution >= 4 is 15.7 Å². The molecule has 3 N–H and O–H groups in total. The molecule has 2 aromatic carbocycles. The summed E-state index contributed by atoms with van der Waals surface area (Å²) < 4.78 is 35.8. The predicted molar refractivity (Wildman–Crippen MR) is 88.3 cm³/mol. The van der Waals surface area contributed by atoms with E-state index < -0.39 is 10.0 Å². The van der Waals surface area contributed by atoms with Gasteiger partial charge in [0, 0.05) is 12.0 Å². The van der Waals surface area contributed by atoms with E-state index in [0.29, 0.717) is 12.2 Å². The number of nitrogens with two attached hydrogens (primary N) is 1. The molecule has 5 nitrogen and oxygen atoms in total. The highest BCUT2D eigenvalue weighted by Gasteiger charge is 2.44. The van der Waals surface area contributed by atoms with Crippen LogP contribution in [0.5, 0.6) is 0 Å². The molecule has 0 radical (unpaired) electrons. The summed E-state index contributed by atoms with van der Waals surface area (Å²) in [6.07, 6.45) is 1.95. The van der Waals surface area contributed by atoms with Crippen LogP contribution in [-0.2, 0) is 15.4 Å². The van der Waals surface area contributed by atoms with Gasteiger partial charge in [0.25, 0.3) is 0 Å². The van der Waals surface area contributed by atoms with E-state index in [2.05, 4.69) is 5.32 Å². The van der Waals surface area contributed by atoms with Crippen molar-refractivity contribution < 1.29 is 12.8 Å². The van der Waals surface area contributed by atoms with E-state index in [4.69, 9.17) is 5.14 Å². The van der Waals surface area contributed by atoms with Crippen LogP contribution >= 0.6 is 0 Å². The van der Waals surface area contributed by atoms with Gasteiger partial charge in [-0.05, 0) is 48.7 Å². The fourth-order valence-electron chi connectivity index (χ4n) is 2.73. The van der Waals surface area contributed by atoms with Crippen molar-refractivity contribution in [1.82, 2.24) is 0 Å². The monoisotopic (exact) mass is 345 g/mol. The van der Waals surface area contributed by atoms with Crippen LogP contribution in [0.1, 0.15) is 24.0 Å². The third kappa shape index (κ3) is 3.25. The Bertz CT molecular complexity index is 914. The number of nitriles is 1. The fraction of sp³-hybridized carbons (Fsp3) is 0.235. The Hall–Kier alpha value is -2.43. The maximum absolute atomic E-state index is 13.1. The second-order valence-electron chi connectivity index (χ2n) is 6.00. The van der Waals surface area contributed by atoms with Crippen LogP contribution < -0.4 is 10.5 Å². The van der Waals surface area contributed by atoms with Gasteiger partial charge in [-0.25, -0.2) is 17.9 Å². The van der Waals surface area contributed by atoms with Crippen LogP contribution in [0.4, 0.5) is 10.1 Å². The number of nitrogens with zero attached hydrogens (tertiary/aromatic N) is 1. The number of halogens is 1. The summed E-state index contributed by atoms with van der Waals surface area (Å²) in [7, 11) is -3.84. The van der Waals surface area contributed by atoms with Gasteiger partial charge >= 0.3 is 0 Å². The Morgan fingerprint density at radius 1 is 1.21 bits per heavy atom. The molecular weight excluding hydrogens is 329 g/mol. The summed E-state index contributed by atoms with van der Waals surface area (Å²) in [6.45, 7) is 0.585. The Kier molecular flexibility index (Phi) is 4.03. The zero-order valence-electron chi connectivity index (χ0n) is 12.8. The van der Waals surface area contributed by atoms with E-state index in [-0.39, 0.29) is 21.7 Å². The SMILES string of the molecule is N#Cc1cc(S(N)(=O)=O)ccc1NCC1(c2ccc(F)cc2)CC1. The van der Waals surface area contributed by atoms with E-state index in [1.165, 1.54) is 24.3 Å². The maximum atomic E-state index is 13.1. The lowest BCUT2D eigenvalue weighted by Gasteiger charge is -2.18. The van der Waals surface area contributed by atoms with Crippen molar-refractivity contribution in [2.75, 3.05) is 11.9 Å². The highest BCUT2D eigenvalue weighted by molar-refractivity contribution is 7.89. The average Bonchev–Trinajstić information content (AvgIpc) is 3.33. The van der Waals surface area contributed by atoms with Gasteiger partial charge in [-0.2, -0.15) is 5.26 Å². The van der Waals surface area contributed by atoms with Gasteiger partial charge < -0.3 is 5.32 Å². The minimum Gasteiger partial charge on any atom is -0.383 e. The predicted octanol–water partition coefficient (Wildman–Crippen LogP) is 2.49. The minimum absolute atomic E-state index is 0.0704. The number of anilines is 1. The lowest BCUT2D eigenvalue weighted by Crippen LogP contribution is -2.20. The normalized spacial score (nSPS) is 15.5. The summed E-state index contributed by atoms with van der Waals surface area (Å²) in [4.78, 5) is -0.0933. The Morgan fingerprint density at radius 2 is 1.88 bits per heavy atom. The van der Waals surface area contributed by atoms with Gasteiger partial charge in [0.15, 0.2) is 0 Å². The molecular formula is C17H16FN3O2S. The molecule has 0 aromatic heterocycles. The van der Waals surface area contributed by atoms with Gasteiger partial charge in [-0.3, -0.25) is 0 Å². The standard InChI is InChI=1S/C17H16FN3O2S/c18-14-3-1-13(2-4-14)17(7-8-17)11-21-16-6-5-15(24(20,22)23)9-12(16)10-19/h1-6,9,21H,7-8,11H2,(H2,20,22,23). The smallest absolute Gasteiger partial charge is 0.238 e. The average molecular weight is 345 g/mol. The largest absolute Gasteiger partial charge is 0.383 e. The Balaban J connectivity index is 1.80. The first kappa shape index (κ1) is 16.4. The quantitative estimate of drug-likeness (QED) is 0.870. The summed E-state index contributed by atoms with van der Waals surface area (Å²) >= 11 is 0. The first-order valence-electron chi connectivity index (χ1n) is 7.41. The lowest BCUT2D eigenvalue weighted by molar-refractivity contribution is 0.597. The number of hydrogen-bond donors (Lipinski definition) is 2. The maximum Gasteiger partial charge on any atom is 0.238 e. The van der Waals surface area contributed by atoms with Gasteiger partial charge in [0.05, 0.1) is 16.1 Å². The van der Waals surface area contributed by atoms with Crippen molar-refractivity contribution in [2.45, 2.75) is 23.2 Å². The Labute approximate surface area is 140 Å². The highest BCUT2D eigenvalue weighted by Crippen LogP contribution is 2.48. The minimum atomic E-state index is -3.84. The lowest BCUT2D eigenvalue weighted by atomic mass is 9.95. The molecule has 0 saturated heterocycles. The summed E-state index contributed by atoms with van der Waals surface area (Å²) in [5, 5.41) is 17.5. The molecule has 0 heterocycles. The fourth-order valence-corrected chi connectivity index (χ4v) is 3.27. The molecule has 2 aromatic rings. The molecule has 1 fully saturated rings. The zero-order chi connectivity index (χ0) is 17.4. The number of sulfonamides is 1. The van der Waals surface area contributed by atoms with E-state index in [0.717, 1.165) is 18.4 Å². The van der Waals surface area contributed by atoms with Crippen LogP contribution in [0.25, 0.3) is 0 Å². The summed E-state index contributed by atoms with van der Waals surface area (Å²) in [5.74, 6) is -0.271. The van der Waals surface area contributed by atoms with Gasteiger partial charge in [-0.15, -0.1) is 0 Å². The van der Waals surface area contributed by atoms with Gasteiger partial charge in [-0.1, -0.05) is 12.1 Å². The molecule has 1 aliphatic rings. The summed E-state index contributed by atoms with van der Waals surface area (Å²) in [6, 6.07) is 12.6. The number of hydrogen-bond acceptors (Lipinski definition) is 4. The molecule has 1 saturated carbocycles. The van der Waals surface area contributed by atoms with Crippen molar-refractivity contribution in [3.05, 3.63) is 59.4 Å². The first-order chi connectivity index (χ1) is 11.3. The third-order valence-corrected chi connectivity index (χ3v) is 5.28.